The summed E-state index contributed by atoms with van der Waals surface area (Å²) in [5.41, 5.74) is -0.109. The number of benzene rings is 1. The van der Waals surface area contributed by atoms with Crippen LogP contribution in [0.15, 0.2) is 24.3 Å². The van der Waals surface area contributed by atoms with Gasteiger partial charge >= 0.3 is 0 Å². The smallest absolute Gasteiger partial charge is 0.106 e. The number of aliphatic hydroxyl groups is 1. The second-order valence-corrected chi connectivity index (χ2v) is 7.55. The monoisotopic (exact) mass is 301 g/mol. The molecular formula is C14H20ClNO2S. The van der Waals surface area contributed by atoms with Crippen molar-refractivity contribution in [1.29, 1.82) is 0 Å². The molecule has 0 spiro atoms. The van der Waals surface area contributed by atoms with Crippen molar-refractivity contribution >= 4 is 22.6 Å². The number of hydrogen-bond acceptors (Lipinski definition) is 2. The molecule has 3 unspecified atom stereocenters. The molecule has 1 fully saturated rings. The molecule has 3 nitrogen and oxygen atoms in total. The lowest BCUT2D eigenvalue weighted by Gasteiger charge is -2.31. The first kappa shape index (κ1) is 15.0. The normalized spacial score (nSPS) is 28.8. The minimum atomic E-state index is -1.12. The molecule has 0 aromatic heterocycles. The zero-order valence-corrected chi connectivity index (χ0v) is 12.8. The third kappa shape index (κ3) is 3.19. The molecule has 2 N–H and O–H groups in total. The summed E-state index contributed by atoms with van der Waals surface area (Å²) >= 11 is 5.88. The second-order valence-electron chi connectivity index (χ2n) is 5.34. The van der Waals surface area contributed by atoms with Gasteiger partial charge in [-0.15, -0.1) is 0 Å². The highest BCUT2D eigenvalue weighted by molar-refractivity contribution is 7.83. The van der Waals surface area contributed by atoms with E-state index in [-0.39, 0.29) is 11.3 Å². The maximum Gasteiger partial charge on any atom is 0.106 e. The largest absolute Gasteiger partial charge is 0.383 e. The van der Waals surface area contributed by atoms with Crippen LogP contribution < -0.4 is 4.72 Å². The van der Waals surface area contributed by atoms with E-state index in [4.69, 9.17) is 11.6 Å². The molecule has 0 aliphatic heterocycles. The molecule has 5 heteroatoms. The van der Waals surface area contributed by atoms with Gasteiger partial charge in [0.1, 0.15) is 5.60 Å². The van der Waals surface area contributed by atoms with Crippen LogP contribution in [-0.4, -0.2) is 20.6 Å². The highest BCUT2D eigenvalue weighted by Crippen LogP contribution is 2.39. The molecular weight excluding hydrogens is 282 g/mol. The van der Waals surface area contributed by atoms with Crippen molar-refractivity contribution in [2.75, 3.05) is 0 Å². The highest BCUT2D eigenvalue weighted by atomic mass is 35.5. The summed E-state index contributed by atoms with van der Waals surface area (Å²) in [6.07, 6.45) is 2.44. The van der Waals surface area contributed by atoms with Crippen molar-refractivity contribution in [1.82, 2.24) is 4.72 Å². The van der Waals surface area contributed by atoms with Gasteiger partial charge < -0.3 is 5.11 Å². The van der Waals surface area contributed by atoms with E-state index in [1.807, 2.05) is 26.0 Å². The summed E-state index contributed by atoms with van der Waals surface area (Å²) in [5.74, 6) is 0. The Kier molecular flexibility index (Phi) is 4.66. The Bertz CT molecular complexity index is 463. The molecule has 2 rings (SSSR count). The summed E-state index contributed by atoms with van der Waals surface area (Å²) < 4.78 is 15.0. The first-order valence-corrected chi connectivity index (χ1v) is 8.18. The molecule has 0 amide bonds. The van der Waals surface area contributed by atoms with Crippen molar-refractivity contribution in [3.63, 3.8) is 0 Å². The van der Waals surface area contributed by atoms with E-state index in [1.54, 1.807) is 12.1 Å². The number of halogens is 1. The third-order valence-corrected chi connectivity index (χ3v) is 5.28. The van der Waals surface area contributed by atoms with E-state index in [1.165, 1.54) is 0 Å². The Balaban J connectivity index is 2.20. The van der Waals surface area contributed by atoms with E-state index in [9.17, 15) is 9.32 Å². The molecule has 1 aliphatic carbocycles. The van der Waals surface area contributed by atoms with Gasteiger partial charge in [-0.3, -0.25) is 0 Å². The lowest BCUT2D eigenvalue weighted by Crippen LogP contribution is -2.46. The maximum atomic E-state index is 11.9. The molecule has 19 heavy (non-hydrogen) atoms. The third-order valence-electron chi connectivity index (χ3n) is 3.66. The van der Waals surface area contributed by atoms with E-state index in [0.717, 1.165) is 18.4 Å². The average Bonchev–Trinajstić information content (AvgIpc) is 2.72. The fraction of sp³-hybridized carbons (Fsp3) is 0.571. The predicted molar refractivity (Wildman–Crippen MR) is 79.4 cm³/mol. The number of nitrogens with one attached hydrogen (secondary N) is 1. The molecule has 1 aromatic carbocycles. The van der Waals surface area contributed by atoms with Crippen LogP contribution in [0.1, 0.15) is 38.7 Å². The second kappa shape index (κ2) is 5.92. The highest BCUT2D eigenvalue weighted by Gasteiger charge is 2.43. The quantitative estimate of drug-likeness (QED) is 0.898. The zero-order chi connectivity index (χ0) is 14.0. The van der Waals surface area contributed by atoms with Gasteiger partial charge in [-0.2, -0.15) is 0 Å². The molecule has 106 valence electrons. The molecule has 1 aromatic rings. The van der Waals surface area contributed by atoms with Crippen molar-refractivity contribution in [2.24, 2.45) is 0 Å². The first-order valence-electron chi connectivity index (χ1n) is 6.58. The minimum Gasteiger partial charge on any atom is -0.383 e. The molecule has 0 heterocycles. The summed E-state index contributed by atoms with van der Waals surface area (Å²) in [4.78, 5) is 0. The molecule has 1 saturated carbocycles. The van der Waals surface area contributed by atoms with Gasteiger partial charge in [-0.1, -0.05) is 23.7 Å². The van der Waals surface area contributed by atoms with Crippen LogP contribution >= 0.6 is 11.6 Å². The van der Waals surface area contributed by atoms with E-state index >= 15 is 0 Å². The van der Waals surface area contributed by atoms with Gasteiger partial charge in [0, 0.05) is 10.3 Å². The topological polar surface area (TPSA) is 49.3 Å². The molecule has 0 saturated heterocycles. The van der Waals surface area contributed by atoms with Crippen LogP contribution in [0.4, 0.5) is 0 Å². The van der Waals surface area contributed by atoms with Crippen LogP contribution in [0, 0.1) is 0 Å². The van der Waals surface area contributed by atoms with Crippen molar-refractivity contribution in [3.8, 4) is 0 Å². The van der Waals surface area contributed by atoms with Gasteiger partial charge in [0.05, 0.1) is 17.0 Å². The summed E-state index contributed by atoms with van der Waals surface area (Å²) in [7, 11) is -1.12. The van der Waals surface area contributed by atoms with Crippen LogP contribution in [0.3, 0.4) is 0 Å². The van der Waals surface area contributed by atoms with E-state index in [0.29, 0.717) is 11.4 Å². The van der Waals surface area contributed by atoms with Crippen molar-refractivity contribution < 1.29 is 9.32 Å². The van der Waals surface area contributed by atoms with Crippen LogP contribution in [0.2, 0.25) is 5.02 Å². The maximum absolute atomic E-state index is 11.9. The molecule has 0 bridgehead atoms. The lowest BCUT2D eigenvalue weighted by molar-refractivity contribution is 0.0235. The molecule has 0 radical (unpaired) electrons. The number of hydrogen-bond donors (Lipinski definition) is 2. The Hall–Kier alpha value is -0.420. The number of rotatable bonds is 4. The fourth-order valence-corrected chi connectivity index (χ4v) is 3.50. The summed E-state index contributed by atoms with van der Waals surface area (Å²) in [6.45, 7) is 3.80. The van der Waals surface area contributed by atoms with Crippen molar-refractivity contribution in [3.05, 3.63) is 34.9 Å². The van der Waals surface area contributed by atoms with E-state index in [2.05, 4.69) is 4.72 Å². The fourth-order valence-electron chi connectivity index (χ4n) is 2.51. The van der Waals surface area contributed by atoms with Gasteiger partial charge in [0.15, 0.2) is 0 Å². The average molecular weight is 302 g/mol. The zero-order valence-electron chi connectivity index (χ0n) is 11.2. The Morgan fingerprint density at radius 3 is 2.63 bits per heavy atom. The van der Waals surface area contributed by atoms with Gasteiger partial charge in [-0.25, -0.2) is 8.93 Å². The van der Waals surface area contributed by atoms with Crippen molar-refractivity contribution in [2.45, 2.75) is 50.0 Å². The van der Waals surface area contributed by atoms with Crippen LogP contribution in [-0.2, 0) is 16.6 Å². The lowest BCUT2D eigenvalue weighted by atomic mass is 9.89. The van der Waals surface area contributed by atoms with Gasteiger partial charge in [0.2, 0.25) is 0 Å². The van der Waals surface area contributed by atoms with Crippen LogP contribution in [0.25, 0.3) is 0 Å². The van der Waals surface area contributed by atoms with Gasteiger partial charge in [-0.05, 0) is 50.8 Å². The SMILES string of the molecule is CC(C)S(=O)NC1CCCC1(O)c1ccc(Cl)cc1. The summed E-state index contributed by atoms with van der Waals surface area (Å²) in [5, 5.41) is 11.6. The Labute approximate surface area is 122 Å². The first-order chi connectivity index (χ1) is 8.93. The minimum absolute atomic E-state index is 0.0371. The van der Waals surface area contributed by atoms with E-state index < -0.39 is 16.6 Å². The Morgan fingerprint density at radius 2 is 2.05 bits per heavy atom. The predicted octanol–water partition coefficient (Wildman–Crippen LogP) is 2.74. The summed E-state index contributed by atoms with van der Waals surface area (Å²) in [6, 6.07) is 7.09. The molecule has 3 atom stereocenters. The Morgan fingerprint density at radius 1 is 1.42 bits per heavy atom. The standard InChI is InChI=1S/C14H20ClNO2S/c1-10(2)19(18)16-13-4-3-9-14(13,17)11-5-7-12(15)8-6-11/h5-8,10,13,16-17H,3-4,9H2,1-2H3. The van der Waals surface area contributed by atoms with Crippen LogP contribution in [0.5, 0.6) is 0 Å². The van der Waals surface area contributed by atoms with Gasteiger partial charge in [0.25, 0.3) is 0 Å². The molecule has 1 aliphatic rings.